The van der Waals surface area contributed by atoms with Gasteiger partial charge in [0, 0.05) is 23.0 Å². The van der Waals surface area contributed by atoms with Gasteiger partial charge in [-0.25, -0.2) is 5.43 Å². The Balaban J connectivity index is 1.75. The van der Waals surface area contributed by atoms with Crippen molar-refractivity contribution in [3.05, 3.63) is 58.6 Å². The molecule has 0 aromatic heterocycles. The van der Waals surface area contributed by atoms with Crippen LogP contribution in [0.5, 0.6) is 5.75 Å². The summed E-state index contributed by atoms with van der Waals surface area (Å²) in [6.07, 6.45) is 0.670. The van der Waals surface area contributed by atoms with Crippen LogP contribution in [0.25, 0.3) is 0 Å². The number of carbonyl (C=O) groups excluding carboxylic acids is 3. The van der Waals surface area contributed by atoms with E-state index in [9.17, 15) is 14.4 Å². The van der Waals surface area contributed by atoms with Crippen LogP contribution in [0, 0.1) is 6.92 Å². The Bertz CT molecular complexity index is 974. The SMILES string of the molecule is COc1ccc(CCNC(=O)C/C(C)=N\NC(=O)C(=O)Nc2cccc(Cl)c2C)cc1. The second-order valence-electron chi connectivity index (χ2n) is 6.78. The maximum absolute atomic E-state index is 12.0. The zero-order valence-corrected chi connectivity index (χ0v) is 18.4. The van der Waals surface area contributed by atoms with Gasteiger partial charge in [0.05, 0.1) is 13.5 Å². The van der Waals surface area contributed by atoms with Crippen molar-refractivity contribution in [1.29, 1.82) is 0 Å². The highest BCUT2D eigenvalue weighted by Gasteiger charge is 2.15. The third kappa shape index (κ3) is 7.75. The van der Waals surface area contributed by atoms with Crippen molar-refractivity contribution in [2.75, 3.05) is 19.0 Å². The number of anilines is 1. The lowest BCUT2D eigenvalue weighted by molar-refractivity contribution is -0.136. The first-order valence-corrected chi connectivity index (χ1v) is 9.97. The Hall–Kier alpha value is -3.39. The number of carbonyl (C=O) groups is 3. The molecule has 0 spiro atoms. The number of hydrogen-bond acceptors (Lipinski definition) is 5. The van der Waals surface area contributed by atoms with E-state index >= 15 is 0 Å². The van der Waals surface area contributed by atoms with E-state index in [1.807, 2.05) is 24.3 Å². The Labute approximate surface area is 186 Å². The zero-order chi connectivity index (χ0) is 22.8. The number of halogens is 1. The first-order valence-electron chi connectivity index (χ1n) is 9.59. The molecule has 0 aliphatic rings. The molecular weight excluding hydrogens is 420 g/mol. The number of rotatable bonds is 8. The smallest absolute Gasteiger partial charge is 0.329 e. The van der Waals surface area contributed by atoms with E-state index in [2.05, 4.69) is 21.2 Å². The Morgan fingerprint density at radius 1 is 1.06 bits per heavy atom. The van der Waals surface area contributed by atoms with Crippen molar-refractivity contribution in [3.63, 3.8) is 0 Å². The zero-order valence-electron chi connectivity index (χ0n) is 17.6. The standard InChI is InChI=1S/C22H25ClN4O4/c1-14(13-20(28)24-12-11-16-7-9-17(31-3)10-8-16)26-27-22(30)21(29)25-19-6-4-5-18(23)15(19)2/h4-10H,11-13H2,1-3H3,(H,24,28)(H,25,29)(H,27,30)/b26-14-. The van der Waals surface area contributed by atoms with Gasteiger partial charge in [-0.15, -0.1) is 0 Å². The van der Waals surface area contributed by atoms with E-state index < -0.39 is 11.8 Å². The van der Waals surface area contributed by atoms with Crippen LogP contribution in [0.2, 0.25) is 5.02 Å². The molecule has 2 aromatic rings. The third-order valence-electron chi connectivity index (χ3n) is 4.38. The number of hydrogen-bond donors (Lipinski definition) is 3. The number of nitrogens with one attached hydrogen (secondary N) is 3. The van der Waals surface area contributed by atoms with Gasteiger partial charge in [-0.2, -0.15) is 5.10 Å². The number of amides is 3. The molecule has 0 aliphatic carbocycles. The third-order valence-corrected chi connectivity index (χ3v) is 4.79. The van der Waals surface area contributed by atoms with Crippen LogP contribution >= 0.6 is 11.6 Å². The summed E-state index contributed by atoms with van der Waals surface area (Å²) in [5.74, 6) is -1.29. The number of methoxy groups -OCH3 is 1. The number of nitrogens with zero attached hydrogens (tertiary/aromatic N) is 1. The topological polar surface area (TPSA) is 109 Å². The minimum absolute atomic E-state index is 0.00207. The summed E-state index contributed by atoms with van der Waals surface area (Å²) in [4.78, 5) is 36.0. The molecule has 3 amide bonds. The maximum atomic E-state index is 12.0. The number of ether oxygens (including phenoxy) is 1. The Morgan fingerprint density at radius 3 is 2.45 bits per heavy atom. The molecule has 0 atom stereocenters. The molecule has 3 N–H and O–H groups in total. The van der Waals surface area contributed by atoms with E-state index in [1.165, 1.54) is 0 Å². The highest BCUT2D eigenvalue weighted by atomic mass is 35.5. The molecule has 0 saturated heterocycles. The van der Waals surface area contributed by atoms with Gasteiger partial charge >= 0.3 is 11.8 Å². The van der Waals surface area contributed by atoms with Crippen molar-refractivity contribution in [1.82, 2.24) is 10.7 Å². The van der Waals surface area contributed by atoms with Gasteiger partial charge in [0.2, 0.25) is 5.91 Å². The van der Waals surface area contributed by atoms with Crippen molar-refractivity contribution in [2.45, 2.75) is 26.7 Å². The van der Waals surface area contributed by atoms with Crippen molar-refractivity contribution in [2.24, 2.45) is 5.10 Å². The summed E-state index contributed by atoms with van der Waals surface area (Å²) in [7, 11) is 1.61. The van der Waals surface area contributed by atoms with Crippen LogP contribution in [0.15, 0.2) is 47.6 Å². The molecule has 9 heteroatoms. The molecular formula is C22H25ClN4O4. The van der Waals surface area contributed by atoms with Crippen molar-refractivity contribution in [3.8, 4) is 5.75 Å². The fourth-order valence-electron chi connectivity index (χ4n) is 2.59. The highest BCUT2D eigenvalue weighted by Crippen LogP contribution is 2.22. The summed E-state index contributed by atoms with van der Waals surface area (Å²) >= 11 is 5.99. The van der Waals surface area contributed by atoms with E-state index in [4.69, 9.17) is 16.3 Å². The second kappa shape index (κ2) is 11.7. The average Bonchev–Trinajstić information content (AvgIpc) is 2.75. The molecule has 2 aromatic carbocycles. The van der Waals surface area contributed by atoms with Gasteiger partial charge in [-0.3, -0.25) is 14.4 Å². The van der Waals surface area contributed by atoms with E-state index in [0.717, 1.165) is 11.3 Å². The van der Waals surface area contributed by atoms with Crippen molar-refractivity contribution < 1.29 is 19.1 Å². The van der Waals surface area contributed by atoms with Gasteiger partial charge < -0.3 is 15.4 Å². The predicted octanol–water partition coefficient (Wildman–Crippen LogP) is 2.84. The van der Waals surface area contributed by atoms with Gasteiger partial charge in [0.1, 0.15) is 5.75 Å². The minimum Gasteiger partial charge on any atom is -0.497 e. The summed E-state index contributed by atoms with van der Waals surface area (Å²) in [6.45, 7) is 3.78. The monoisotopic (exact) mass is 444 g/mol. The van der Waals surface area contributed by atoms with Crippen molar-refractivity contribution >= 4 is 40.7 Å². The molecule has 31 heavy (non-hydrogen) atoms. The van der Waals surface area contributed by atoms with E-state index in [1.54, 1.807) is 39.2 Å². The molecule has 8 nitrogen and oxygen atoms in total. The molecule has 0 unspecified atom stereocenters. The molecule has 2 rings (SSSR count). The fourth-order valence-corrected chi connectivity index (χ4v) is 2.77. The molecule has 0 radical (unpaired) electrons. The molecule has 0 heterocycles. The van der Waals surface area contributed by atoms with E-state index in [0.29, 0.717) is 35.0 Å². The van der Waals surface area contributed by atoms with Gasteiger partial charge in [0.25, 0.3) is 0 Å². The summed E-state index contributed by atoms with van der Waals surface area (Å²) < 4.78 is 5.11. The van der Waals surface area contributed by atoms with Crippen LogP contribution in [-0.2, 0) is 20.8 Å². The second-order valence-corrected chi connectivity index (χ2v) is 7.19. The maximum Gasteiger partial charge on any atom is 0.329 e. The summed E-state index contributed by atoms with van der Waals surface area (Å²) in [5.41, 5.74) is 4.66. The minimum atomic E-state index is -0.946. The predicted molar refractivity (Wildman–Crippen MR) is 120 cm³/mol. The van der Waals surface area contributed by atoms with Crippen LogP contribution < -0.4 is 20.8 Å². The quantitative estimate of drug-likeness (QED) is 0.330. The lowest BCUT2D eigenvalue weighted by atomic mass is 10.1. The largest absolute Gasteiger partial charge is 0.497 e. The van der Waals surface area contributed by atoms with Crippen LogP contribution in [0.3, 0.4) is 0 Å². The summed E-state index contributed by atoms with van der Waals surface area (Å²) in [5, 5.41) is 9.55. The Morgan fingerprint density at radius 2 is 1.77 bits per heavy atom. The summed E-state index contributed by atoms with van der Waals surface area (Å²) in [6, 6.07) is 12.6. The van der Waals surface area contributed by atoms with Crippen LogP contribution in [-0.4, -0.2) is 37.1 Å². The van der Waals surface area contributed by atoms with Gasteiger partial charge in [-0.1, -0.05) is 29.8 Å². The van der Waals surface area contributed by atoms with Crippen LogP contribution in [0.4, 0.5) is 5.69 Å². The van der Waals surface area contributed by atoms with Gasteiger partial charge in [0.15, 0.2) is 0 Å². The highest BCUT2D eigenvalue weighted by molar-refractivity contribution is 6.40. The fraction of sp³-hybridized carbons (Fsp3) is 0.273. The average molecular weight is 445 g/mol. The molecule has 0 saturated carbocycles. The molecule has 0 aliphatic heterocycles. The molecule has 164 valence electrons. The lowest BCUT2D eigenvalue weighted by Crippen LogP contribution is -2.33. The lowest BCUT2D eigenvalue weighted by Gasteiger charge is -2.09. The first kappa shape index (κ1) is 23.9. The number of hydrazone groups is 1. The van der Waals surface area contributed by atoms with Crippen LogP contribution in [0.1, 0.15) is 24.5 Å². The molecule has 0 bridgehead atoms. The first-order chi connectivity index (χ1) is 14.8. The van der Waals surface area contributed by atoms with Gasteiger partial charge in [-0.05, 0) is 55.7 Å². The normalized spacial score (nSPS) is 10.9. The molecule has 0 fully saturated rings. The Kier molecular flexibility index (Phi) is 9.02. The van der Waals surface area contributed by atoms with E-state index in [-0.39, 0.29) is 12.3 Å². The number of benzene rings is 2.